The fourth-order valence-electron chi connectivity index (χ4n) is 3.25. The van der Waals surface area contributed by atoms with Gasteiger partial charge >= 0.3 is 0 Å². The highest BCUT2D eigenvalue weighted by atomic mass is 32.2. The van der Waals surface area contributed by atoms with Crippen molar-refractivity contribution in [1.29, 1.82) is 0 Å². The molecule has 3 rings (SSSR count). The molecule has 1 saturated carbocycles. The number of aliphatic imine (C=N–C) groups is 1. The standard InChI is InChI=1S/C19H25N3O4S/c1-25-13-8-9-14(15(10-13)26-2)21-17(23)11-16-18(24)22-19(27-16)20-12-6-4-3-5-7-12/h8-10,12,16H,3-7,11H2,1-2H3,(H,21,23)(H,20,22,24). The Morgan fingerprint density at radius 1 is 1.26 bits per heavy atom. The van der Waals surface area contributed by atoms with Gasteiger partial charge in [0.15, 0.2) is 5.17 Å². The second-order valence-electron chi connectivity index (χ2n) is 6.64. The van der Waals surface area contributed by atoms with Crippen molar-refractivity contribution >= 4 is 34.4 Å². The molecule has 0 radical (unpaired) electrons. The summed E-state index contributed by atoms with van der Waals surface area (Å²) in [4.78, 5) is 29.2. The van der Waals surface area contributed by atoms with E-state index >= 15 is 0 Å². The maximum absolute atomic E-state index is 12.4. The maximum Gasteiger partial charge on any atom is 0.240 e. The van der Waals surface area contributed by atoms with Crippen LogP contribution in [0.25, 0.3) is 0 Å². The molecule has 2 aliphatic rings. The first-order valence-corrected chi connectivity index (χ1v) is 10.0. The van der Waals surface area contributed by atoms with Gasteiger partial charge < -0.3 is 20.1 Å². The summed E-state index contributed by atoms with van der Waals surface area (Å²) in [7, 11) is 3.09. The first kappa shape index (κ1) is 19.5. The molecule has 1 aromatic carbocycles. The van der Waals surface area contributed by atoms with Gasteiger partial charge in [-0.05, 0) is 25.0 Å². The predicted molar refractivity (Wildman–Crippen MR) is 107 cm³/mol. The Balaban J connectivity index is 1.58. The van der Waals surface area contributed by atoms with E-state index in [2.05, 4.69) is 15.6 Å². The molecule has 1 unspecified atom stereocenters. The van der Waals surface area contributed by atoms with E-state index in [1.807, 2.05) is 0 Å². The summed E-state index contributed by atoms with van der Waals surface area (Å²) in [6.07, 6.45) is 5.86. The monoisotopic (exact) mass is 391 g/mol. The fraction of sp³-hybridized carbons (Fsp3) is 0.526. The van der Waals surface area contributed by atoms with E-state index in [-0.39, 0.29) is 24.3 Å². The van der Waals surface area contributed by atoms with Crippen molar-refractivity contribution in [2.45, 2.75) is 49.8 Å². The molecule has 1 saturated heterocycles. The first-order valence-electron chi connectivity index (χ1n) is 9.16. The highest BCUT2D eigenvalue weighted by molar-refractivity contribution is 8.15. The average Bonchev–Trinajstić information content (AvgIpc) is 3.01. The third-order valence-electron chi connectivity index (χ3n) is 4.70. The summed E-state index contributed by atoms with van der Waals surface area (Å²) in [5.41, 5.74) is 0.544. The van der Waals surface area contributed by atoms with Crippen molar-refractivity contribution in [3.05, 3.63) is 18.2 Å². The summed E-state index contributed by atoms with van der Waals surface area (Å²) in [6, 6.07) is 5.44. The lowest BCUT2D eigenvalue weighted by atomic mass is 9.96. The van der Waals surface area contributed by atoms with Crippen LogP contribution in [0.5, 0.6) is 11.5 Å². The van der Waals surface area contributed by atoms with Crippen molar-refractivity contribution in [2.75, 3.05) is 19.5 Å². The maximum atomic E-state index is 12.4. The van der Waals surface area contributed by atoms with Crippen molar-refractivity contribution in [3.63, 3.8) is 0 Å². The minimum absolute atomic E-state index is 0.0787. The largest absolute Gasteiger partial charge is 0.497 e. The zero-order valence-corrected chi connectivity index (χ0v) is 16.4. The Morgan fingerprint density at radius 3 is 2.74 bits per heavy atom. The lowest BCUT2D eigenvalue weighted by molar-refractivity contribution is -0.122. The van der Waals surface area contributed by atoms with E-state index in [0.717, 1.165) is 12.8 Å². The third-order valence-corrected chi connectivity index (χ3v) is 5.80. The SMILES string of the molecule is COc1ccc(NC(=O)CC2SC(=NC3CCCCC3)NC2=O)c(OC)c1. The van der Waals surface area contributed by atoms with Crippen LogP contribution in [0.15, 0.2) is 23.2 Å². The number of thioether (sulfide) groups is 1. The Hall–Kier alpha value is -2.22. The van der Waals surface area contributed by atoms with Crippen LogP contribution >= 0.6 is 11.8 Å². The second-order valence-corrected chi connectivity index (χ2v) is 7.83. The summed E-state index contributed by atoms with van der Waals surface area (Å²) < 4.78 is 10.4. The van der Waals surface area contributed by atoms with Crippen molar-refractivity contribution in [3.8, 4) is 11.5 Å². The topological polar surface area (TPSA) is 89.0 Å². The van der Waals surface area contributed by atoms with Crippen molar-refractivity contribution in [2.24, 2.45) is 4.99 Å². The van der Waals surface area contributed by atoms with Gasteiger partial charge in [-0.3, -0.25) is 14.6 Å². The number of nitrogens with zero attached hydrogens (tertiary/aromatic N) is 1. The van der Waals surface area contributed by atoms with E-state index in [0.29, 0.717) is 22.4 Å². The number of nitrogens with one attached hydrogen (secondary N) is 2. The van der Waals surface area contributed by atoms with Gasteiger partial charge in [0.25, 0.3) is 0 Å². The predicted octanol–water partition coefficient (Wildman–Crippen LogP) is 2.95. The van der Waals surface area contributed by atoms with Crippen LogP contribution in [0.3, 0.4) is 0 Å². The molecule has 1 heterocycles. The summed E-state index contributed by atoms with van der Waals surface area (Å²) in [5, 5.41) is 5.80. The van der Waals surface area contributed by atoms with Gasteiger partial charge in [0, 0.05) is 12.5 Å². The van der Waals surface area contributed by atoms with E-state index in [4.69, 9.17) is 9.47 Å². The van der Waals surface area contributed by atoms with E-state index in [1.54, 1.807) is 25.3 Å². The number of hydrogen-bond acceptors (Lipinski definition) is 6. The molecular formula is C19H25N3O4S. The average molecular weight is 391 g/mol. The second kappa shape index (κ2) is 9.12. The number of carbonyl (C=O) groups excluding carboxylic acids is 2. The molecule has 27 heavy (non-hydrogen) atoms. The Morgan fingerprint density at radius 2 is 2.04 bits per heavy atom. The molecule has 1 atom stereocenters. The highest BCUT2D eigenvalue weighted by Crippen LogP contribution is 2.30. The molecule has 8 heteroatoms. The van der Waals surface area contributed by atoms with Gasteiger partial charge in [0.05, 0.1) is 25.9 Å². The van der Waals surface area contributed by atoms with E-state index in [1.165, 1.54) is 38.1 Å². The minimum Gasteiger partial charge on any atom is -0.497 e. The summed E-state index contributed by atoms with van der Waals surface area (Å²) in [6.45, 7) is 0. The molecule has 2 fully saturated rings. The molecule has 0 aromatic heterocycles. The number of anilines is 1. The van der Waals surface area contributed by atoms with E-state index < -0.39 is 5.25 Å². The van der Waals surface area contributed by atoms with Crippen LogP contribution in [0, 0.1) is 0 Å². The molecule has 1 aromatic rings. The van der Waals surface area contributed by atoms with Gasteiger partial charge in [-0.1, -0.05) is 31.0 Å². The molecule has 0 bridgehead atoms. The van der Waals surface area contributed by atoms with Gasteiger partial charge in [-0.15, -0.1) is 0 Å². The lowest BCUT2D eigenvalue weighted by Crippen LogP contribution is -2.28. The number of hydrogen-bond donors (Lipinski definition) is 2. The Kier molecular flexibility index (Phi) is 6.60. The van der Waals surface area contributed by atoms with Crippen molar-refractivity contribution < 1.29 is 19.1 Å². The molecule has 2 N–H and O–H groups in total. The number of amidine groups is 1. The Labute approximate surface area is 163 Å². The molecule has 2 amide bonds. The van der Waals surface area contributed by atoms with Crippen LogP contribution in [0.2, 0.25) is 0 Å². The zero-order chi connectivity index (χ0) is 19.2. The molecule has 0 spiro atoms. The van der Waals surface area contributed by atoms with Crippen LogP contribution < -0.4 is 20.1 Å². The molecule has 1 aliphatic carbocycles. The summed E-state index contributed by atoms with van der Waals surface area (Å²) in [5.74, 6) is 0.737. The summed E-state index contributed by atoms with van der Waals surface area (Å²) >= 11 is 1.34. The normalized spacial score (nSPS) is 21.8. The van der Waals surface area contributed by atoms with Crippen LogP contribution in [0.1, 0.15) is 38.5 Å². The van der Waals surface area contributed by atoms with Gasteiger partial charge in [-0.25, -0.2) is 0 Å². The van der Waals surface area contributed by atoms with E-state index in [9.17, 15) is 9.59 Å². The molecule has 7 nitrogen and oxygen atoms in total. The first-order chi connectivity index (χ1) is 13.1. The number of carbonyl (C=O) groups is 2. The number of methoxy groups -OCH3 is 2. The van der Waals surface area contributed by atoms with Crippen LogP contribution in [-0.2, 0) is 9.59 Å². The lowest BCUT2D eigenvalue weighted by Gasteiger charge is -2.17. The number of amides is 2. The highest BCUT2D eigenvalue weighted by Gasteiger charge is 2.32. The Bertz CT molecular complexity index is 732. The number of benzene rings is 1. The van der Waals surface area contributed by atoms with Crippen LogP contribution in [-0.4, -0.2) is 42.5 Å². The third kappa shape index (κ3) is 5.15. The zero-order valence-electron chi connectivity index (χ0n) is 15.6. The molecule has 146 valence electrons. The van der Waals surface area contributed by atoms with Crippen LogP contribution in [0.4, 0.5) is 5.69 Å². The van der Waals surface area contributed by atoms with Gasteiger partial charge in [-0.2, -0.15) is 0 Å². The smallest absolute Gasteiger partial charge is 0.240 e. The van der Waals surface area contributed by atoms with Crippen molar-refractivity contribution in [1.82, 2.24) is 5.32 Å². The molecule has 1 aliphatic heterocycles. The number of rotatable bonds is 6. The number of ether oxygens (including phenoxy) is 2. The van der Waals surface area contributed by atoms with Gasteiger partial charge in [0.2, 0.25) is 11.8 Å². The fourth-order valence-corrected chi connectivity index (χ4v) is 4.29. The quantitative estimate of drug-likeness (QED) is 0.778. The minimum atomic E-state index is -0.461. The molecular weight excluding hydrogens is 366 g/mol. The van der Waals surface area contributed by atoms with Gasteiger partial charge in [0.1, 0.15) is 16.7 Å².